The first-order valence-electron chi connectivity index (χ1n) is 5.78. The quantitative estimate of drug-likeness (QED) is 0.848. The SMILES string of the molecule is Nc1ccc(OCC(=O)Nc2ccc(Cl)cc2)cc1Cl. The fourth-order valence-corrected chi connectivity index (χ4v) is 1.77. The van der Waals surface area contributed by atoms with Gasteiger partial charge in [-0.3, -0.25) is 4.79 Å². The Balaban J connectivity index is 1.88. The van der Waals surface area contributed by atoms with Crippen LogP contribution in [0.25, 0.3) is 0 Å². The average molecular weight is 311 g/mol. The molecule has 0 atom stereocenters. The number of carbonyl (C=O) groups is 1. The van der Waals surface area contributed by atoms with E-state index in [9.17, 15) is 4.79 Å². The molecule has 4 nitrogen and oxygen atoms in total. The number of hydrogen-bond donors (Lipinski definition) is 2. The van der Waals surface area contributed by atoms with Gasteiger partial charge in [-0.25, -0.2) is 0 Å². The molecule has 6 heteroatoms. The maximum absolute atomic E-state index is 11.7. The molecule has 0 saturated heterocycles. The van der Waals surface area contributed by atoms with E-state index >= 15 is 0 Å². The summed E-state index contributed by atoms with van der Waals surface area (Å²) >= 11 is 11.6. The number of carbonyl (C=O) groups excluding carboxylic acids is 1. The Kier molecular flexibility index (Phi) is 4.71. The van der Waals surface area contributed by atoms with Gasteiger partial charge in [0, 0.05) is 16.8 Å². The summed E-state index contributed by atoms with van der Waals surface area (Å²) in [6, 6.07) is 11.6. The Morgan fingerprint density at radius 2 is 1.85 bits per heavy atom. The maximum atomic E-state index is 11.7. The topological polar surface area (TPSA) is 64.3 Å². The number of nitrogens with two attached hydrogens (primary N) is 1. The summed E-state index contributed by atoms with van der Waals surface area (Å²) < 4.78 is 5.32. The van der Waals surface area contributed by atoms with E-state index in [4.69, 9.17) is 33.7 Å². The first-order chi connectivity index (χ1) is 9.54. The van der Waals surface area contributed by atoms with E-state index in [0.29, 0.717) is 27.2 Å². The molecule has 0 spiro atoms. The van der Waals surface area contributed by atoms with Crippen molar-refractivity contribution in [1.82, 2.24) is 0 Å². The zero-order valence-corrected chi connectivity index (χ0v) is 11.9. The monoisotopic (exact) mass is 310 g/mol. The van der Waals surface area contributed by atoms with E-state index in [-0.39, 0.29) is 12.5 Å². The van der Waals surface area contributed by atoms with Gasteiger partial charge < -0.3 is 15.8 Å². The lowest BCUT2D eigenvalue weighted by molar-refractivity contribution is -0.118. The number of ether oxygens (including phenoxy) is 1. The van der Waals surface area contributed by atoms with Gasteiger partial charge in [0.2, 0.25) is 0 Å². The zero-order valence-electron chi connectivity index (χ0n) is 10.4. The van der Waals surface area contributed by atoms with E-state index < -0.39 is 0 Å². The third-order valence-corrected chi connectivity index (χ3v) is 3.05. The molecule has 104 valence electrons. The van der Waals surface area contributed by atoms with Crippen LogP contribution < -0.4 is 15.8 Å². The summed E-state index contributed by atoms with van der Waals surface area (Å²) in [7, 11) is 0. The predicted molar refractivity (Wildman–Crippen MR) is 81.4 cm³/mol. The lowest BCUT2D eigenvalue weighted by Crippen LogP contribution is -2.20. The Morgan fingerprint density at radius 1 is 1.15 bits per heavy atom. The van der Waals surface area contributed by atoms with Crippen LogP contribution in [0, 0.1) is 0 Å². The minimum atomic E-state index is -0.278. The van der Waals surface area contributed by atoms with Gasteiger partial charge in [0.05, 0.1) is 10.7 Å². The average Bonchev–Trinajstić information content (AvgIpc) is 2.43. The van der Waals surface area contributed by atoms with Crippen LogP contribution in [0.4, 0.5) is 11.4 Å². The fraction of sp³-hybridized carbons (Fsp3) is 0.0714. The van der Waals surface area contributed by atoms with Crippen LogP contribution in [0.15, 0.2) is 42.5 Å². The van der Waals surface area contributed by atoms with Crippen molar-refractivity contribution in [2.45, 2.75) is 0 Å². The third-order valence-electron chi connectivity index (χ3n) is 2.47. The van der Waals surface area contributed by atoms with Crippen LogP contribution in [0.3, 0.4) is 0 Å². The molecule has 2 aromatic rings. The van der Waals surface area contributed by atoms with E-state index in [2.05, 4.69) is 5.32 Å². The minimum Gasteiger partial charge on any atom is -0.484 e. The summed E-state index contributed by atoms with van der Waals surface area (Å²) in [6.07, 6.45) is 0. The van der Waals surface area contributed by atoms with Crippen molar-refractivity contribution in [2.75, 3.05) is 17.7 Å². The van der Waals surface area contributed by atoms with Crippen molar-refractivity contribution in [3.63, 3.8) is 0 Å². The molecule has 0 bridgehead atoms. The second kappa shape index (κ2) is 6.50. The van der Waals surface area contributed by atoms with Crippen molar-refractivity contribution in [3.8, 4) is 5.75 Å². The number of benzene rings is 2. The van der Waals surface area contributed by atoms with E-state index in [1.807, 2.05) is 0 Å². The predicted octanol–water partition coefficient (Wildman–Crippen LogP) is 3.59. The zero-order chi connectivity index (χ0) is 14.5. The van der Waals surface area contributed by atoms with E-state index in [1.54, 1.807) is 42.5 Å². The largest absolute Gasteiger partial charge is 0.484 e. The number of amides is 1. The lowest BCUT2D eigenvalue weighted by atomic mass is 10.3. The molecule has 0 aliphatic heterocycles. The molecule has 3 N–H and O–H groups in total. The summed E-state index contributed by atoms with van der Waals surface area (Å²) in [5, 5.41) is 3.68. The molecule has 0 aliphatic carbocycles. The molecule has 0 saturated carbocycles. The standard InChI is InChI=1S/C14H12Cl2N2O2/c15-9-1-3-10(4-2-9)18-14(19)8-20-11-5-6-13(17)12(16)7-11/h1-7H,8,17H2,(H,18,19). The van der Waals surface area contributed by atoms with Gasteiger partial charge in [0.25, 0.3) is 5.91 Å². The number of rotatable bonds is 4. The Morgan fingerprint density at radius 3 is 2.50 bits per heavy atom. The van der Waals surface area contributed by atoms with Crippen LogP contribution in [0.5, 0.6) is 5.75 Å². The van der Waals surface area contributed by atoms with Gasteiger partial charge in [-0.2, -0.15) is 0 Å². The van der Waals surface area contributed by atoms with Crippen molar-refractivity contribution in [3.05, 3.63) is 52.5 Å². The van der Waals surface area contributed by atoms with E-state index in [1.165, 1.54) is 0 Å². The number of nitrogen functional groups attached to an aromatic ring is 1. The van der Waals surface area contributed by atoms with Gasteiger partial charge in [-0.1, -0.05) is 23.2 Å². The minimum absolute atomic E-state index is 0.122. The van der Waals surface area contributed by atoms with Crippen molar-refractivity contribution in [1.29, 1.82) is 0 Å². The lowest BCUT2D eigenvalue weighted by Gasteiger charge is -2.08. The first kappa shape index (κ1) is 14.5. The molecule has 2 aromatic carbocycles. The molecule has 1 amide bonds. The molecule has 0 heterocycles. The number of nitrogens with one attached hydrogen (secondary N) is 1. The second-order valence-corrected chi connectivity index (χ2v) is 4.87. The normalized spacial score (nSPS) is 10.1. The summed E-state index contributed by atoms with van der Waals surface area (Å²) in [5.41, 5.74) is 6.70. The Labute approximate surface area is 126 Å². The van der Waals surface area contributed by atoms with Crippen molar-refractivity contribution < 1.29 is 9.53 Å². The number of hydrogen-bond acceptors (Lipinski definition) is 3. The summed E-state index contributed by atoms with van der Waals surface area (Å²) in [5.74, 6) is 0.204. The fourth-order valence-electron chi connectivity index (χ4n) is 1.48. The highest BCUT2D eigenvalue weighted by molar-refractivity contribution is 6.33. The van der Waals surface area contributed by atoms with Gasteiger partial charge in [0.15, 0.2) is 6.61 Å². The summed E-state index contributed by atoms with van der Waals surface area (Å²) in [6.45, 7) is -0.122. The van der Waals surface area contributed by atoms with Crippen molar-refractivity contribution >= 4 is 40.5 Å². The van der Waals surface area contributed by atoms with Gasteiger partial charge >= 0.3 is 0 Å². The van der Waals surface area contributed by atoms with Crippen LogP contribution in [-0.4, -0.2) is 12.5 Å². The highest BCUT2D eigenvalue weighted by Crippen LogP contribution is 2.24. The Bertz CT molecular complexity index is 615. The third kappa shape index (κ3) is 4.05. The molecule has 2 rings (SSSR count). The first-order valence-corrected chi connectivity index (χ1v) is 6.53. The second-order valence-electron chi connectivity index (χ2n) is 4.03. The smallest absolute Gasteiger partial charge is 0.262 e. The number of anilines is 2. The van der Waals surface area contributed by atoms with Gasteiger partial charge in [0.1, 0.15) is 5.75 Å². The van der Waals surface area contributed by atoms with Crippen LogP contribution in [-0.2, 0) is 4.79 Å². The number of halogens is 2. The molecular weight excluding hydrogens is 299 g/mol. The maximum Gasteiger partial charge on any atom is 0.262 e. The highest BCUT2D eigenvalue weighted by atomic mass is 35.5. The van der Waals surface area contributed by atoms with E-state index in [0.717, 1.165) is 0 Å². The van der Waals surface area contributed by atoms with Crippen LogP contribution in [0.1, 0.15) is 0 Å². The van der Waals surface area contributed by atoms with Crippen LogP contribution in [0.2, 0.25) is 10.0 Å². The molecule has 20 heavy (non-hydrogen) atoms. The Hall–Kier alpha value is -1.91. The molecule has 0 radical (unpaired) electrons. The van der Waals surface area contributed by atoms with Crippen LogP contribution >= 0.6 is 23.2 Å². The molecule has 0 aliphatic rings. The molecule has 0 aromatic heterocycles. The van der Waals surface area contributed by atoms with Crippen molar-refractivity contribution in [2.24, 2.45) is 0 Å². The molecular formula is C14H12Cl2N2O2. The highest BCUT2D eigenvalue weighted by Gasteiger charge is 2.05. The molecule has 0 fully saturated rings. The van der Waals surface area contributed by atoms with Gasteiger partial charge in [-0.15, -0.1) is 0 Å². The van der Waals surface area contributed by atoms with Gasteiger partial charge in [-0.05, 0) is 36.4 Å². The summed E-state index contributed by atoms with van der Waals surface area (Å²) in [4.78, 5) is 11.7. The molecule has 0 unspecified atom stereocenters.